The van der Waals surface area contributed by atoms with Crippen LogP contribution in [0.4, 0.5) is 0 Å². The van der Waals surface area contributed by atoms with Crippen LogP contribution < -0.4 is 16.0 Å². The van der Waals surface area contributed by atoms with Crippen molar-refractivity contribution >= 4 is 29.7 Å². The third-order valence-electron chi connectivity index (χ3n) is 17.3. The van der Waals surface area contributed by atoms with Crippen molar-refractivity contribution in [2.24, 2.45) is 0 Å². The number of carbonyl (C=O) groups is 5. The van der Waals surface area contributed by atoms with Crippen LogP contribution >= 0.6 is 0 Å². The number of carbonyl (C=O) groups excluding carboxylic acids is 3. The van der Waals surface area contributed by atoms with Crippen molar-refractivity contribution in [1.82, 2.24) is 16.0 Å². The zero-order valence-electron chi connectivity index (χ0n) is 52.7. The fourth-order valence-corrected chi connectivity index (χ4v) is 12.0. The van der Waals surface area contributed by atoms with E-state index in [1.807, 2.05) is 0 Å². The van der Waals surface area contributed by atoms with E-state index in [-0.39, 0.29) is 0 Å². The van der Waals surface area contributed by atoms with Crippen molar-refractivity contribution in [2.75, 3.05) is 46.2 Å². The summed E-state index contributed by atoms with van der Waals surface area (Å²) < 4.78 is 71.2. The zero-order chi connectivity index (χ0) is 73.5. The summed E-state index contributed by atoms with van der Waals surface area (Å²) in [4.78, 5) is 65.5. The Morgan fingerprint density at radius 3 is 1.36 bits per heavy atom. The molecule has 0 saturated carbocycles. The van der Waals surface area contributed by atoms with Crippen LogP contribution in [0.2, 0.25) is 0 Å². The third kappa shape index (κ3) is 18.5. The quantitative estimate of drug-likeness (QED) is 0.0306. The molecule has 0 radical (unpaired) electrons. The Bertz CT molecular complexity index is 2580. The smallest absolute Gasteiger partial charge is 0.364 e. The minimum absolute atomic E-state index is 0.808. The highest BCUT2D eigenvalue weighted by Gasteiger charge is 2.63. The molecule has 3 amide bonds. The molecule has 0 aromatic carbocycles. The minimum Gasteiger partial charge on any atom is -0.477 e. The summed E-state index contributed by atoms with van der Waals surface area (Å²) in [5.74, 6) is -14.2. The third-order valence-corrected chi connectivity index (χ3v) is 17.3. The number of aliphatic carboxylic acids is 2. The first-order valence-corrected chi connectivity index (χ1v) is 30.7. The minimum atomic E-state index is -3.43. The molecule has 0 bridgehead atoms. The molecule has 6 aliphatic heterocycles. The molecular formula is C54H91N3O41. The van der Waals surface area contributed by atoms with E-state index >= 15 is 0 Å². The van der Waals surface area contributed by atoms with Crippen molar-refractivity contribution in [3.05, 3.63) is 0 Å². The summed E-state index contributed by atoms with van der Waals surface area (Å²) in [5.41, 5.74) is 0. The van der Waals surface area contributed by atoms with Gasteiger partial charge >= 0.3 is 11.9 Å². The summed E-state index contributed by atoms with van der Waals surface area (Å²) in [6.07, 6.45) is -73.9. The maximum Gasteiger partial charge on any atom is 0.364 e. The number of rotatable bonds is 31. The number of aliphatic hydroxyl groups excluding tert-OH is 22. The van der Waals surface area contributed by atoms with Crippen molar-refractivity contribution in [3.63, 3.8) is 0 Å². The Labute approximate surface area is 554 Å². The summed E-state index contributed by atoms with van der Waals surface area (Å²) >= 11 is 0. The van der Waals surface area contributed by atoms with Crippen LogP contribution in [-0.2, 0) is 80.8 Å². The standard InChI is InChI=1S/C54H91N3O41/c1-14-30(73)36(79)37(80)48(88-14)93-41-26(13-87-53(51(83)84)5-18(67)27(55-15(2)64)42(96-53)32(75)21(70)8-59)91-47(95-45-34(77)24(11-62)89-49(38(45)81)92-40(23(72)10-61)31(74)20(69)7-58)29(57-17(4)66)44(41)94-50-39(82)46(35(78)25(12-63)90-50)98-54(52(85)86)6-19(68)28(56-16(3)65)43(97-54)33(76)22(71)9-60/h14,18-50,58-63,67-82H,5-13H2,1-4H3,(H,55,64)(H,56,65)(H,57,66)(H,83,84)(H,85,86)/t14-,18-,19-,20-,21+,22+,23+,24+,25+,26+,27+,28+,29+,30+,31+,32+,33+,34-,35-,36+,37-,38+,39+,40+,41+,42+,43+,44+,45-,46-,47-,48-,49-,50-,53+,54-/m0/s1. The Balaban J connectivity index is 1.57. The maximum absolute atomic E-state index is 13.7. The van der Waals surface area contributed by atoms with Gasteiger partial charge in [-0.25, -0.2) is 9.59 Å². The molecular weight excluding hydrogens is 1350 g/mol. The van der Waals surface area contributed by atoms with Crippen molar-refractivity contribution < 1.29 is 203 Å². The van der Waals surface area contributed by atoms with Gasteiger partial charge in [0.15, 0.2) is 25.2 Å². The molecule has 0 spiro atoms. The molecule has 568 valence electrons. The van der Waals surface area contributed by atoms with Crippen LogP contribution in [0.3, 0.4) is 0 Å². The highest BCUT2D eigenvalue weighted by Crippen LogP contribution is 2.42. The van der Waals surface area contributed by atoms with Crippen molar-refractivity contribution in [2.45, 2.75) is 260 Å². The van der Waals surface area contributed by atoms with Gasteiger partial charge in [0.25, 0.3) is 11.6 Å². The largest absolute Gasteiger partial charge is 0.477 e. The predicted octanol–water partition coefficient (Wildman–Crippen LogP) is -16.8. The Morgan fingerprint density at radius 2 is 0.878 bits per heavy atom. The van der Waals surface area contributed by atoms with Gasteiger partial charge in [-0.15, -0.1) is 0 Å². The van der Waals surface area contributed by atoms with Crippen LogP contribution in [0, 0.1) is 0 Å². The molecule has 0 aliphatic carbocycles. The molecule has 0 aromatic heterocycles. The summed E-state index contributed by atoms with van der Waals surface area (Å²) in [6.45, 7) is -5.22. The van der Waals surface area contributed by atoms with Gasteiger partial charge in [-0.1, -0.05) is 0 Å². The molecule has 44 nitrogen and oxygen atoms in total. The lowest BCUT2D eigenvalue weighted by Crippen LogP contribution is -2.72. The van der Waals surface area contributed by atoms with E-state index in [1.54, 1.807) is 0 Å². The average molecular weight is 1440 g/mol. The van der Waals surface area contributed by atoms with Crippen LogP contribution in [0.1, 0.15) is 40.5 Å². The van der Waals surface area contributed by atoms with Crippen LogP contribution in [-0.4, -0.2) is 418 Å². The zero-order valence-corrected chi connectivity index (χ0v) is 52.7. The van der Waals surface area contributed by atoms with E-state index in [1.165, 1.54) is 0 Å². The number of carboxylic acid groups (broad SMARTS) is 2. The van der Waals surface area contributed by atoms with Gasteiger partial charge in [-0.05, 0) is 6.92 Å². The number of hydrogen-bond acceptors (Lipinski definition) is 39. The maximum atomic E-state index is 13.7. The lowest BCUT2D eigenvalue weighted by Gasteiger charge is -2.53. The molecule has 6 rings (SSSR count). The molecule has 6 aliphatic rings. The lowest BCUT2D eigenvalue weighted by molar-refractivity contribution is -0.400. The molecule has 6 saturated heterocycles. The molecule has 44 heteroatoms. The van der Waals surface area contributed by atoms with E-state index in [9.17, 15) is 147 Å². The lowest BCUT2D eigenvalue weighted by atomic mass is 9.88. The average Bonchev–Trinajstić information content (AvgIpc) is 0.761. The Hall–Kier alpha value is -4.01. The second-order valence-corrected chi connectivity index (χ2v) is 24.4. The monoisotopic (exact) mass is 1440 g/mol. The summed E-state index contributed by atoms with van der Waals surface area (Å²) in [5, 5.41) is 269. The molecule has 36 atom stereocenters. The topological polar surface area (TPSA) is 718 Å². The molecule has 0 unspecified atom stereocenters. The molecule has 6 fully saturated rings. The second kappa shape index (κ2) is 35.4. The number of ether oxygens (including phenoxy) is 12. The predicted molar refractivity (Wildman–Crippen MR) is 302 cm³/mol. The molecule has 0 aromatic rings. The summed E-state index contributed by atoms with van der Waals surface area (Å²) in [7, 11) is 0. The Morgan fingerprint density at radius 1 is 0.459 bits per heavy atom. The first-order valence-electron chi connectivity index (χ1n) is 30.7. The van der Waals surface area contributed by atoms with E-state index in [2.05, 4.69) is 16.0 Å². The van der Waals surface area contributed by atoms with Crippen LogP contribution in [0.15, 0.2) is 0 Å². The highest BCUT2D eigenvalue weighted by atomic mass is 16.8. The van der Waals surface area contributed by atoms with Gasteiger partial charge in [0.1, 0.15) is 153 Å². The van der Waals surface area contributed by atoms with Gasteiger partial charge < -0.3 is 195 Å². The van der Waals surface area contributed by atoms with Gasteiger partial charge in [0, 0.05) is 33.6 Å². The summed E-state index contributed by atoms with van der Waals surface area (Å²) in [6, 6.07) is -5.94. The number of aliphatic hydroxyl groups is 22. The van der Waals surface area contributed by atoms with Gasteiger partial charge in [0.2, 0.25) is 17.7 Å². The van der Waals surface area contributed by atoms with Gasteiger partial charge in [0.05, 0.1) is 76.6 Å². The Kier molecular flexibility index (Phi) is 30.0. The number of hydrogen-bond donors (Lipinski definition) is 27. The highest BCUT2D eigenvalue weighted by molar-refractivity contribution is 5.77. The van der Waals surface area contributed by atoms with Crippen LogP contribution in [0.5, 0.6) is 0 Å². The van der Waals surface area contributed by atoms with Gasteiger partial charge in [-0.2, -0.15) is 0 Å². The van der Waals surface area contributed by atoms with E-state index in [4.69, 9.17) is 56.8 Å². The fraction of sp³-hybridized carbons (Fsp3) is 0.907. The van der Waals surface area contributed by atoms with Crippen LogP contribution in [0.25, 0.3) is 0 Å². The SMILES string of the molecule is CC(=O)N[C@H]1[C@H](O[C@H]2[C@@H](O)[C@@H](CO)O[C@@H](O[C@@H]([C@H](O)[C@@H](O)CO)[C@H](O)CO)[C@@H]2O)O[C@H](CO[C@]2(C(=O)O)C[C@H](O)[C@@H](NC(C)=O)[C@H]([C@H](O)[C@H](O)CO)O2)[C@@H](O[C@@H]2O[C@@H](C)[C@@H](O)[C@@H](O)[C@@H]2O)[C@@H]1O[C@@H]1O[C@H](CO)[C@H](O)[C@H](O[C@]2(C(=O)O)C[C@H](O)[C@@H](NC(C)=O)[C@H]([C@H](O)[C@H](O)CO)O2)[C@H]1O. The van der Waals surface area contributed by atoms with E-state index in [0.717, 1.165) is 27.7 Å². The fourth-order valence-electron chi connectivity index (χ4n) is 12.0. The molecule has 27 N–H and O–H groups in total. The normalized spacial score (nSPS) is 42.6. The van der Waals surface area contributed by atoms with Crippen molar-refractivity contribution in [1.29, 1.82) is 0 Å². The first-order chi connectivity index (χ1) is 45.9. The van der Waals surface area contributed by atoms with E-state index < -0.39 is 308 Å². The van der Waals surface area contributed by atoms with Crippen molar-refractivity contribution in [3.8, 4) is 0 Å². The number of amides is 3. The molecule has 98 heavy (non-hydrogen) atoms. The van der Waals surface area contributed by atoms with E-state index in [0.29, 0.717) is 0 Å². The van der Waals surface area contributed by atoms with Gasteiger partial charge in [-0.3, -0.25) is 14.4 Å². The number of carboxylic acids is 2. The first kappa shape index (κ1) is 82.9. The number of nitrogens with one attached hydrogen (secondary N) is 3. The molecule has 6 heterocycles. The second-order valence-electron chi connectivity index (χ2n) is 24.4.